The molecule has 0 aromatic rings. The summed E-state index contributed by atoms with van der Waals surface area (Å²) in [6.07, 6.45) is 2.51. The molecule has 0 saturated carbocycles. The molecule has 3 heteroatoms. The van der Waals surface area contributed by atoms with Crippen LogP contribution in [0, 0.1) is 5.92 Å². The number of carbonyl (C=O) groups is 1. The van der Waals surface area contributed by atoms with Crippen LogP contribution >= 0.6 is 11.6 Å². The van der Waals surface area contributed by atoms with Crippen LogP contribution < -0.4 is 5.32 Å². The SMILES string of the molecule is O=C(CCCCl)C1CCNC1. The molecule has 1 rings (SSSR count). The van der Waals surface area contributed by atoms with Crippen LogP contribution in [0.1, 0.15) is 19.3 Å². The van der Waals surface area contributed by atoms with Gasteiger partial charge in [-0.15, -0.1) is 11.6 Å². The van der Waals surface area contributed by atoms with E-state index in [-0.39, 0.29) is 5.92 Å². The van der Waals surface area contributed by atoms with Crippen LogP contribution in [0.2, 0.25) is 0 Å². The van der Waals surface area contributed by atoms with Gasteiger partial charge in [-0.25, -0.2) is 0 Å². The molecule has 0 aliphatic carbocycles. The maximum atomic E-state index is 11.3. The Kier molecular flexibility index (Phi) is 3.87. The first kappa shape index (κ1) is 9.01. The molecule has 0 aromatic carbocycles. The van der Waals surface area contributed by atoms with Crippen molar-refractivity contribution in [3.8, 4) is 0 Å². The second-order valence-corrected chi connectivity index (χ2v) is 3.33. The van der Waals surface area contributed by atoms with E-state index in [0.717, 1.165) is 25.9 Å². The van der Waals surface area contributed by atoms with Crippen LogP contribution in [0.4, 0.5) is 0 Å². The smallest absolute Gasteiger partial charge is 0.137 e. The van der Waals surface area contributed by atoms with Gasteiger partial charge in [-0.05, 0) is 19.4 Å². The Labute approximate surface area is 72.3 Å². The highest BCUT2D eigenvalue weighted by molar-refractivity contribution is 6.17. The number of ketones is 1. The molecular formula is C8H14ClNO. The highest BCUT2D eigenvalue weighted by Crippen LogP contribution is 2.11. The number of carbonyl (C=O) groups excluding carboxylic acids is 1. The fourth-order valence-corrected chi connectivity index (χ4v) is 1.51. The summed E-state index contributed by atoms with van der Waals surface area (Å²) >= 11 is 5.48. The zero-order valence-electron chi connectivity index (χ0n) is 6.61. The molecular weight excluding hydrogens is 162 g/mol. The highest BCUT2D eigenvalue weighted by Gasteiger charge is 2.21. The second kappa shape index (κ2) is 4.73. The van der Waals surface area contributed by atoms with Crippen molar-refractivity contribution in [2.45, 2.75) is 19.3 Å². The van der Waals surface area contributed by atoms with Crippen molar-refractivity contribution in [3.05, 3.63) is 0 Å². The third-order valence-corrected chi connectivity index (χ3v) is 2.34. The number of Topliss-reactive ketones (excluding diaryl/α,β-unsaturated/α-hetero) is 1. The third kappa shape index (κ3) is 2.80. The zero-order valence-corrected chi connectivity index (χ0v) is 7.36. The number of alkyl halides is 1. The van der Waals surface area contributed by atoms with E-state index < -0.39 is 0 Å². The summed E-state index contributed by atoms with van der Waals surface area (Å²) in [6.45, 7) is 1.87. The van der Waals surface area contributed by atoms with Crippen LogP contribution in [0.5, 0.6) is 0 Å². The zero-order chi connectivity index (χ0) is 8.10. The Morgan fingerprint density at radius 3 is 3.00 bits per heavy atom. The Morgan fingerprint density at radius 1 is 1.64 bits per heavy atom. The Morgan fingerprint density at radius 2 is 2.45 bits per heavy atom. The summed E-state index contributed by atoms with van der Waals surface area (Å²) in [6, 6.07) is 0. The first-order valence-corrected chi connectivity index (χ1v) is 4.67. The van der Waals surface area contributed by atoms with Gasteiger partial charge < -0.3 is 5.32 Å². The third-order valence-electron chi connectivity index (χ3n) is 2.07. The van der Waals surface area contributed by atoms with Gasteiger partial charge in [-0.1, -0.05) is 0 Å². The van der Waals surface area contributed by atoms with E-state index in [2.05, 4.69) is 5.32 Å². The molecule has 1 atom stereocenters. The number of halogens is 1. The first-order chi connectivity index (χ1) is 5.34. The topological polar surface area (TPSA) is 29.1 Å². The van der Waals surface area contributed by atoms with Crippen molar-refractivity contribution in [1.29, 1.82) is 0 Å². The van der Waals surface area contributed by atoms with Crippen LogP contribution in [-0.4, -0.2) is 24.8 Å². The molecule has 1 aliphatic rings. The standard InChI is InChI=1S/C8H14ClNO/c9-4-1-2-8(11)7-3-5-10-6-7/h7,10H,1-6H2. The van der Waals surface area contributed by atoms with Crippen molar-refractivity contribution in [1.82, 2.24) is 5.32 Å². The molecule has 0 aromatic heterocycles. The lowest BCUT2D eigenvalue weighted by atomic mass is 10.0. The van der Waals surface area contributed by atoms with E-state index in [1.165, 1.54) is 0 Å². The Bertz CT molecular complexity index is 132. The maximum Gasteiger partial charge on any atom is 0.137 e. The van der Waals surface area contributed by atoms with E-state index >= 15 is 0 Å². The van der Waals surface area contributed by atoms with Gasteiger partial charge in [-0.3, -0.25) is 4.79 Å². The molecule has 1 N–H and O–H groups in total. The van der Waals surface area contributed by atoms with Crippen LogP contribution in [-0.2, 0) is 4.79 Å². The van der Waals surface area contributed by atoms with Crippen molar-refractivity contribution in [2.24, 2.45) is 5.92 Å². The number of hydrogen-bond acceptors (Lipinski definition) is 2. The summed E-state index contributed by atoms with van der Waals surface area (Å²) in [5.74, 6) is 1.26. The normalized spacial score (nSPS) is 23.9. The highest BCUT2D eigenvalue weighted by atomic mass is 35.5. The quantitative estimate of drug-likeness (QED) is 0.651. The molecule has 0 bridgehead atoms. The lowest BCUT2D eigenvalue weighted by Gasteiger charge is -2.04. The van der Waals surface area contributed by atoms with Gasteiger partial charge in [0.2, 0.25) is 0 Å². The van der Waals surface area contributed by atoms with Crippen molar-refractivity contribution < 1.29 is 4.79 Å². The molecule has 64 valence electrons. The number of rotatable bonds is 4. The first-order valence-electron chi connectivity index (χ1n) is 4.14. The largest absolute Gasteiger partial charge is 0.316 e. The molecule has 0 radical (unpaired) electrons. The van der Waals surface area contributed by atoms with E-state index in [4.69, 9.17) is 11.6 Å². The van der Waals surface area contributed by atoms with E-state index in [9.17, 15) is 4.79 Å². The van der Waals surface area contributed by atoms with E-state index in [1.54, 1.807) is 0 Å². The Hall–Kier alpha value is -0.0800. The van der Waals surface area contributed by atoms with Crippen LogP contribution in [0.3, 0.4) is 0 Å². The Balaban J connectivity index is 2.17. The molecule has 0 amide bonds. The summed E-state index contributed by atoms with van der Waals surface area (Å²) in [4.78, 5) is 11.3. The van der Waals surface area contributed by atoms with Gasteiger partial charge in [-0.2, -0.15) is 0 Å². The van der Waals surface area contributed by atoms with Gasteiger partial charge in [0.15, 0.2) is 0 Å². The van der Waals surface area contributed by atoms with E-state index in [0.29, 0.717) is 18.1 Å². The fraction of sp³-hybridized carbons (Fsp3) is 0.875. The molecule has 2 nitrogen and oxygen atoms in total. The summed E-state index contributed by atoms with van der Waals surface area (Å²) in [7, 11) is 0. The predicted molar refractivity (Wildman–Crippen MR) is 45.9 cm³/mol. The number of hydrogen-bond donors (Lipinski definition) is 1. The fourth-order valence-electron chi connectivity index (χ4n) is 1.37. The summed E-state index contributed by atoms with van der Waals surface area (Å²) < 4.78 is 0. The predicted octanol–water partition coefficient (Wildman–Crippen LogP) is 1.18. The van der Waals surface area contributed by atoms with Gasteiger partial charge in [0.1, 0.15) is 5.78 Å². The average Bonchev–Trinajstić information content (AvgIpc) is 2.52. The van der Waals surface area contributed by atoms with Crippen molar-refractivity contribution >= 4 is 17.4 Å². The minimum absolute atomic E-state index is 0.276. The second-order valence-electron chi connectivity index (χ2n) is 2.95. The molecule has 1 aliphatic heterocycles. The molecule has 1 heterocycles. The van der Waals surface area contributed by atoms with E-state index in [1.807, 2.05) is 0 Å². The molecule has 0 spiro atoms. The maximum absolute atomic E-state index is 11.3. The summed E-state index contributed by atoms with van der Waals surface area (Å²) in [5.41, 5.74) is 0. The van der Waals surface area contributed by atoms with Crippen molar-refractivity contribution in [2.75, 3.05) is 19.0 Å². The molecule has 1 fully saturated rings. The van der Waals surface area contributed by atoms with Crippen LogP contribution in [0.25, 0.3) is 0 Å². The monoisotopic (exact) mass is 175 g/mol. The summed E-state index contributed by atoms with van der Waals surface area (Å²) in [5, 5.41) is 3.18. The molecule has 1 saturated heterocycles. The van der Waals surface area contributed by atoms with Crippen LogP contribution in [0.15, 0.2) is 0 Å². The molecule has 1 unspecified atom stereocenters. The van der Waals surface area contributed by atoms with Gasteiger partial charge in [0.05, 0.1) is 0 Å². The van der Waals surface area contributed by atoms with Gasteiger partial charge >= 0.3 is 0 Å². The molecule has 11 heavy (non-hydrogen) atoms. The average molecular weight is 176 g/mol. The minimum Gasteiger partial charge on any atom is -0.316 e. The lowest BCUT2D eigenvalue weighted by molar-refractivity contribution is -0.122. The number of nitrogens with one attached hydrogen (secondary N) is 1. The van der Waals surface area contributed by atoms with Gasteiger partial charge in [0.25, 0.3) is 0 Å². The minimum atomic E-state index is 0.276. The van der Waals surface area contributed by atoms with Crippen molar-refractivity contribution in [3.63, 3.8) is 0 Å². The van der Waals surface area contributed by atoms with Gasteiger partial charge in [0, 0.05) is 24.8 Å². The lowest BCUT2D eigenvalue weighted by Crippen LogP contribution is -2.17.